The minimum Gasteiger partial charge on any atom is -0.486 e. The molecule has 3 aromatic rings. The molecule has 0 bridgehead atoms. The van der Waals surface area contributed by atoms with Gasteiger partial charge in [0, 0.05) is 0 Å². The van der Waals surface area contributed by atoms with E-state index >= 15 is 0 Å². The third-order valence-electron chi connectivity index (χ3n) is 3.36. The molecule has 112 valence electrons. The second kappa shape index (κ2) is 5.89. The van der Waals surface area contributed by atoms with Gasteiger partial charge >= 0.3 is 0 Å². The van der Waals surface area contributed by atoms with Crippen LogP contribution < -0.4 is 10.5 Å². The molecule has 22 heavy (non-hydrogen) atoms. The van der Waals surface area contributed by atoms with Gasteiger partial charge in [0.2, 0.25) is 5.88 Å². The Morgan fingerprint density at radius 1 is 1.23 bits per heavy atom. The summed E-state index contributed by atoms with van der Waals surface area (Å²) in [6.07, 6.45) is 1.47. The predicted molar refractivity (Wildman–Crippen MR) is 81.8 cm³/mol. The zero-order valence-corrected chi connectivity index (χ0v) is 12.0. The molecule has 2 aromatic carbocycles. The number of halogens is 1. The van der Waals surface area contributed by atoms with Gasteiger partial charge in [-0.15, -0.1) is 0 Å². The van der Waals surface area contributed by atoms with Gasteiger partial charge in [-0.25, -0.2) is 4.39 Å². The molecule has 0 saturated carbocycles. The summed E-state index contributed by atoms with van der Waals surface area (Å²) in [5.74, 6) is -0.0362. The molecular weight excluding hydrogens is 283 g/mol. The van der Waals surface area contributed by atoms with E-state index in [2.05, 4.69) is 5.16 Å². The number of rotatable bonds is 4. The first-order valence-electron chi connectivity index (χ1n) is 6.82. The van der Waals surface area contributed by atoms with Crippen LogP contribution >= 0.6 is 0 Å². The lowest BCUT2D eigenvalue weighted by Crippen LogP contribution is -2.00. The Kier molecular flexibility index (Phi) is 3.78. The van der Waals surface area contributed by atoms with Gasteiger partial charge in [0.05, 0.1) is 11.8 Å². The summed E-state index contributed by atoms with van der Waals surface area (Å²) in [7, 11) is 0. The predicted octanol–water partition coefficient (Wildman–Crippen LogP) is 3.95. The SMILES string of the molecule is Cc1cc(-c2cnoc2N)cc(F)c1OCc1ccccc1. The van der Waals surface area contributed by atoms with Crippen molar-refractivity contribution >= 4 is 5.88 Å². The minimum absolute atomic E-state index is 0.164. The molecule has 2 N–H and O–H groups in total. The van der Waals surface area contributed by atoms with Crippen molar-refractivity contribution in [1.29, 1.82) is 0 Å². The van der Waals surface area contributed by atoms with Gasteiger partial charge in [-0.1, -0.05) is 35.5 Å². The molecule has 1 heterocycles. The van der Waals surface area contributed by atoms with Crippen LogP contribution in [0.5, 0.6) is 5.75 Å². The van der Waals surface area contributed by atoms with Crippen molar-refractivity contribution in [2.24, 2.45) is 0 Å². The van der Waals surface area contributed by atoms with E-state index in [-0.39, 0.29) is 11.6 Å². The Bertz CT molecular complexity index is 761. The molecule has 0 unspecified atom stereocenters. The van der Waals surface area contributed by atoms with Crippen molar-refractivity contribution in [1.82, 2.24) is 5.16 Å². The van der Waals surface area contributed by atoms with Gasteiger partial charge in [0.15, 0.2) is 11.6 Å². The molecule has 0 fully saturated rings. The fourth-order valence-electron chi connectivity index (χ4n) is 2.26. The minimum atomic E-state index is -0.438. The van der Waals surface area contributed by atoms with E-state index in [1.807, 2.05) is 30.3 Å². The molecule has 1 aromatic heterocycles. The number of anilines is 1. The quantitative estimate of drug-likeness (QED) is 0.792. The maximum absolute atomic E-state index is 14.3. The van der Waals surface area contributed by atoms with Crippen LogP contribution in [0.4, 0.5) is 10.3 Å². The maximum atomic E-state index is 14.3. The lowest BCUT2D eigenvalue weighted by atomic mass is 10.0. The Morgan fingerprint density at radius 3 is 2.64 bits per heavy atom. The van der Waals surface area contributed by atoms with Gasteiger partial charge in [0.25, 0.3) is 0 Å². The van der Waals surface area contributed by atoms with Crippen molar-refractivity contribution in [3.63, 3.8) is 0 Å². The first-order chi connectivity index (χ1) is 10.6. The third kappa shape index (κ3) is 2.79. The Morgan fingerprint density at radius 2 is 2.00 bits per heavy atom. The number of benzene rings is 2. The summed E-state index contributed by atoms with van der Waals surface area (Å²) in [5, 5.41) is 3.60. The van der Waals surface area contributed by atoms with Crippen molar-refractivity contribution in [3.05, 3.63) is 65.6 Å². The van der Waals surface area contributed by atoms with Crippen LogP contribution in [0.15, 0.2) is 53.2 Å². The molecule has 0 atom stereocenters. The molecule has 0 amide bonds. The Labute approximate surface area is 127 Å². The van der Waals surface area contributed by atoms with E-state index in [0.29, 0.717) is 23.3 Å². The van der Waals surface area contributed by atoms with Crippen molar-refractivity contribution in [2.75, 3.05) is 5.73 Å². The van der Waals surface area contributed by atoms with Crippen LogP contribution in [-0.2, 0) is 6.61 Å². The lowest BCUT2D eigenvalue weighted by molar-refractivity contribution is 0.288. The normalized spacial score (nSPS) is 10.6. The van der Waals surface area contributed by atoms with Crippen LogP contribution in [0, 0.1) is 12.7 Å². The molecule has 5 heteroatoms. The van der Waals surface area contributed by atoms with Crippen molar-refractivity contribution in [2.45, 2.75) is 13.5 Å². The van der Waals surface area contributed by atoms with Crippen molar-refractivity contribution in [3.8, 4) is 16.9 Å². The molecule has 0 radical (unpaired) electrons. The van der Waals surface area contributed by atoms with Crippen LogP contribution in [0.2, 0.25) is 0 Å². The summed E-state index contributed by atoms with van der Waals surface area (Å²) < 4.78 is 24.7. The number of hydrogen-bond acceptors (Lipinski definition) is 4. The molecule has 0 aliphatic carbocycles. The summed E-state index contributed by atoms with van der Waals surface area (Å²) in [6.45, 7) is 2.10. The number of nitrogens with two attached hydrogens (primary N) is 1. The van der Waals surface area contributed by atoms with E-state index in [0.717, 1.165) is 5.56 Å². The van der Waals surface area contributed by atoms with E-state index in [9.17, 15) is 4.39 Å². The molecule has 0 aliphatic heterocycles. The smallest absolute Gasteiger partial charge is 0.229 e. The number of aryl methyl sites for hydroxylation is 1. The van der Waals surface area contributed by atoms with Gasteiger partial charge in [-0.3, -0.25) is 0 Å². The maximum Gasteiger partial charge on any atom is 0.229 e. The van der Waals surface area contributed by atoms with Crippen LogP contribution in [0.25, 0.3) is 11.1 Å². The average Bonchev–Trinajstić information content (AvgIpc) is 2.93. The molecule has 0 aliphatic rings. The van der Waals surface area contributed by atoms with Crippen LogP contribution in [0.1, 0.15) is 11.1 Å². The third-order valence-corrected chi connectivity index (χ3v) is 3.36. The first kappa shape index (κ1) is 14.1. The number of ether oxygens (including phenoxy) is 1. The average molecular weight is 298 g/mol. The molecular formula is C17H15FN2O2. The van der Waals surface area contributed by atoms with E-state index in [4.69, 9.17) is 15.0 Å². The molecule has 0 saturated heterocycles. The number of aromatic nitrogens is 1. The highest BCUT2D eigenvalue weighted by Gasteiger charge is 2.14. The van der Waals surface area contributed by atoms with Gasteiger partial charge in [0.1, 0.15) is 6.61 Å². The van der Waals surface area contributed by atoms with E-state index in [1.165, 1.54) is 12.3 Å². The van der Waals surface area contributed by atoms with Crippen LogP contribution in [-0.4, -0.2) is 5.16 Å². The van der Waals surface area contributed by atoms with Gasteiger partial charge < -0.3 is 15.0 Å². The van der Waals surface area contributed by atoms with Crippen molar-refractivity contribution < 1.29 is 13.7 Å². The molecule has 0 spiro atoms. The highest BCUT2D eigenvalue weighted by atomic mass is 19.1. The highest BCUT2D eigenvalue weighted by Crippen LogP contribution is 2.32. The highest BCUT2D eigenvalue weighted by molar-refractivity contribution is 5.73. The zero-order valence-electron chi connectivity index (χ0n) is 12.0. The summed E-state index contributed by atoms with van der Waals surface area (Å²) in [5.41, 5.74) is 8.51. The lowest BCUT2D eigenvalue weighted by Gasteiger charge is -2.12. The topological polar surface area (TPSA) is 61.3 Å². The monoisotopic (exact) mass is 298 g/mol. The van der Waals surface area contributed by atoms with E-state index in [1.54, 1.807) is 13.0 Å². The van der Waals surface area contributed by atoms with Gasteiger partial charge in [-0.05, 0) is 35.7 Å². The number of hydrogen-bond donors (Lipinski definition) is 1. The number of nitrogens with zero attached hydrogens (tertiary/aromatic N) is 1. The number of nitrogen functional groups attached to an aromatic ring is 1. The fourth-order valence-corrected chi connectivity index (χ4v) is 2.26. The second-order valence-corrected chi connectivity index (χ2v) is 4.98. The summed E-state index contributed by atoms with van der Waals surface area (Å²) >= 11 is 0. The zero-order chi connectivity index (χ0) is 15.5. The summed E-state index contributed by atoms with van der Waals surface area (Å²) in [6, 6.07) is 12.8. The van der Waals surface area contributed by atoms with E-state index < -0.39 is 5.82 Å². The standard InChI is InChI=1S/C17H15FN2O2/c1-11-7-13(14-9-20-22-17(14)19)8-15(18)16(11)21-10-12-5-3-2-4-6-12/h2-9H,10,19H2,1H3. The molecule has 4 nitrogen and oxygen atoms in total. The Balaban J connectivity index is 1.86. The fraction of sp³-hybridized carbons (Fsp3) is 0.118. The summed E-state index contributed by atoms with van der Waals surface area (Å²) in [4.78, 5) is 0. The largest absolute Gasteiger partial charge is 0.486 e. The first-order valence-corrected chi connectivity index (χ1v) is 6.82. The Hall–Kier alpha value is -2.82. The van der Waals surface area contributed by atoms with Gasteiger partial charge in [-0.2, -0.15) is 0 Å². The second-order valence-electron chi connectivity index (χ2n) is 4.98. The van der Waals surface area contributed by atoms with Crippen LogP contribution in [0.3, 0.4) is 0 Å². The molecule has 3 rings (SSSR count).